The number of aryl methyl sites for hydroxylation is 2. The molecule has 0 aliphatic rings. The lowest BCUT2D eigenvalue weighted by Crippen LogP contribution is -2.30. The van der Waals surface area contributed by atoms with E-state index in [0.717, 1.165) is 16.7 Å². The maximum Gasteiger partial charge on any atom is 0.275 e. The molecule has 0 atom stereocenters. The van der Waals surface area contributed by atoms with Gasteiger partial charge < -0.3 is 10.2 Å². The van der Waals surface area contributed by atoms with E-state index in [1.165, 1.54) is 4.68 Å². The van der Waals surface area contributed by atoms with Crippen LogP contribution in [0, 0.1) is 0 Å². The molecule has 0 bridgehead atoms. The summed E-state index contributed by atoms with van der Waals surface area (Å²) in [6, 6.07) is 31.3. The summed E-state index contributed by atoms with van der Waals surface area (Å²) in [5.74, 6) is 0.199. The molecule has 172 valence electrons. The second-order valence-electron chi connectivity index (χ2n) is 8.20. The lowest BCUT2D eigenvalue weighted by atomic mass is 10.1. The van der Waals surface area contributed by atoms with E-state index in [1.54, 1.807) is 18.0 Å². The molecule has 0 aliphatic carbocycles. The standard InChI is InChI=1S/C28H28N4O2/c1-31-26(29-27(33)18-17-22-11-5-2-6-12-22)19-25(30-31)28(34)32(20-23-13-7-3-8-14-23)21-24-15-9-4-10-16-24/h2-16,19H,17-18,20-21H2,1H3,(H,29,33). The van der Waals surface area contributed by atoms with Gasteiger partial charge in [-0.3, -0.25) is 14.3 Å². The number of carbonyl (C=O) groups excluding carboxylic acids is 2. The molecular formula is C28H28N4O2. The SMILES string of the molecule is Cn1nc(C(=O)N(Cc2ccccc2)Cc2ccccc2)cc1NC(=O)CCc1ccccc1. The number of amides is 2. The van der Waals surface area contributed by atoms with Crippen LogP contribution in [0.4, 0.5) is 5.82 Å². The van der Waals surface area contributed by atoms with Gasteiger partial charge >= 0.3 is 0 Å². The molecule has 4 aromatic rings. The minimum absolute atomic E-state index is 0.115. The Morgan fingerprint density at radius 3 is 1.82 bits per heavy atom. The molecule has 6 heteroatoms. The molecule has 1 aromatic heterocycles. The summed E-state index contributed by atoms with van der Waals surface area (Å²) in [6.07, 6.45) is 1.00. The Hall–Kier alpha value is -4.19. The van der Waals surface area contributed by atoms with E-state index in [2.05, 4.69) is 10.4 Å². The van der Waals surface area contributed by atoms with Gasteiger partial charge in [0.25, 0.3) is 5.91 Å². The molecule has 0 fully saturated rings. The van der Waals surface area contributed by atoms with Crippen molar-refractivity contribution in [3.05, 3.63) is 119 Å². The first-order chi connectivity index (χ1) is 16.6. The third-order valence-corrected chi connectivity index (χ3v) is 5.57. The van der Waals surface area contributed by atoms with E-state index in [9.17, 15) is 9.59 Å². The molecule has 0 unspecified atom stereocenters. The first-order valence-electron chi connectivity index (χ1n) is 11.3. The molecule has 0 aliphatic heterocycles. The van der Waals surface area contributed by atoms with Gasteiger partial charge in [0, 0.05) is 32.6 Å². The molecule has 0 spiro atoms. The molecule has 2 amide bonds. The summed E-state index contributed by atoms with van der Waals surface area (Å²) in [6.45, 7) is 0.924. The normalized spacial score (nSPS) is 10.6. The Kier molecular flexibility index (Phi) is 7.50. The van der Waals surface area contributed by atoms with Crippen LogP contribution in [0.15, 0.2) is 97.1 Å². The predicted octanol–water partition coefficient (Wildman–Crippen LogP) is 4.83. The molecular weight excluding hydrogens is 424 g/mol. The monoisotopic (exact) mass is 452 g/mol. The molecule has 1 N–H and O–H groups in total. The Balaban J connectivity index is 1.46. The number of anilines is 1. The van der Waals surface area contributed by atoms with Gasteiger partial charge in [0.15, 0.2) is 5.69 Å². The van der Waals surface area contributed by atoms with Gasteiger partial charge in [-0.25, -0.2) is 0 Å². The van der Waals surface area contributed by atoms with Crippen molar-refractivity contribution in [3.8, 4) is 0 Å². The maximum absolute atomic E-state index is 13.5. The van der Waals surface area contributed by atoms with Crippen molar-refractivity contribution in [2.45, 2.75) is 25.9 Å². The van der Waals surface area contributed by atoms with Gasteiger partial charge in [0.05, 0.1) is 0 Å². The van der Waals surface area contributed by atoms with Crippen molar-refractivity contribution in [2.75, 3.05) is 5.32 Å². The lowest BCUT2D eigenvalue weighted by Gasteiger charge is -2.22. The lowest BCUT2D eigenvalue weighted by molar-refractivity contribution is -0.116. The van der Waals surface area contributed by atoms with Crippen LogP contribution in [-0.4, -0.2) is 26.5 Å². The van der Waals surface area contributed by atoms with Gasteiger partial charge in [-0.1, -0.05) is 91.0 Å². The summed E-state index contributed by atoms with van der Waals surface area (Å²) in [5.41, 5.74) is 3.48. The Morgan fingerprint density at radius 2 is 1.29 bits per heavy atom. The number of benzene rings is 3. The van der Waals surface area contributed by atoms with Gasteiger partial charge in [-0.05, 0) is 23.1 Å². The highest BCUT2D eigenvalue weighted by molar-refractivity contribution is 5.95. The number of hydrogen-bond donors (Lipinski definition) is 1. The zero-order valence-corrected chi connectivity index (χ0v) is 19.2. The van der Waals surface area contributed by atoms with Crippen LogP contribution >= 0.6 is 0 Å². The number of carbonyl (C=O) groups is 2. The summed E-state index contributed by atoms with van der Waals surface area (Å²) in [4.78, 5) is 27.7. The quantitative estimate of drug-likeness (QED) is 0.395. The van der Waals surface area contributed by atoms with Crippen LogP contribution in [0.25, 0.3) is 0 Å². The smallest absolute Gasteiger partial charge is 0.275 e. The number of rotatable bonds is 9. The first kappa shape index (κ1) is 23.0. The second kappa shape index (κ2) is 11.1. The second-order valence-corrected chi connectivity index (χ2v) is 8.20. The Bertz CT molecular complexity index is 1180. The molecule has 0 saturated heterocycles. The van der Waals surface area contributed by atoms with Crippen molar-refractivity contribution >= 4 is 17.6 Å². The van der Waals surface area contributed by atoms with Gasteiger partial charge in [0.1, 0.15) is 5.82 Å². The van der Waals surface area contributed by atoms with Crippen LogP contribution < -0.4 is 5.32 Å². The van der Waals surface area contributed by atoms with E-state index in [0.29, 0.717) is 37.4 Å². The highest BCUT2D eigenvalue weighted by atomic mass is 16.2. The third kappa shape index (κ3) is 6.19. The molecule has 0 saturated carbocycles. The number of nitrogens with one attached hydrogen (secondary N) is 1. The molecule has 34 heavy (non-hydrogen) atoms. The van der Waals surface area contributed by atoms with Crippen LogP contribution in [0.1, 0.15) is 33.6 Å². The van der Waals surface area contributed by atoms with Crippen LogP contribution in [0.3, 0.4) is 0 Å². The van der Waals surface area contributed by atoms with Crippen LogP contribution in [0.5, 0.6) is 0 Å². The average Bonchev–Trinajstić information content (AvgIpc) is 3.23. The largest absolute Gasteiger partial charge is 0.329 e. The zero-order valence-electron chi connectivity index (χ0n) is 19.2. The average molecular weight is 453 g/mol. The van der Waals surface area contributed by atoms with Crippen LogP contribution in [0.2, 0.25) is 0 Å². The molecule has 4 rings (SSSR count). The van der Waals surface area contributed by atoms with Crippen molar-refractivity contribution in [1.29, 1.82) is 0 Å². The molecule has 0 radical (unpaired) electrons. The molecule has 1 heterocycles. The Morgan fingerprint density at radius 1 is 0.794 bits per heavy atom. The van der Waals surface area contributed by atoms with Crippen LogP contribution in [-0.2, 0) is 31.4 Å². The fraction of sp³-hybridized carbons (Fsp3) is 0.179. The van der Waals surface area contributed by atoms with E-state index in [4.69, 9.17) is 0 Å². The van der Waals surface area contributed by atoms with E-state index < -0.39 is 0 Å². The van der Waals surface area contributed by atoms with Crippen molar-refractivity contribution in [3.63, 3.8) is 0 Å². The van der Waals surface area contributed by atoms with Gasteiger partial charge in [-0.2, -0.15) is 5.10 Å². The fourth-order valence-corrected chi connectivity index (χ4v) is 3.77. The minimum atomic E-state index is -0.187. The Labute approximate surface area is 199 Å². The third-order valence-electron chi connectivity index (χ3n) is 5.57. The minimum Gasteiger partial charge on any atom is -0.329 e. The van der Waals surface area contributed by atoms with Crippen molar-refractivity contribution in [2.24, 2.45) is 7.05 Å². The van der Waals surface area contributed by atoms with E-state index in [-0.39, 0.29) is 11.8 Å². The highest BCUT2D eigenvalue weighted by Gasteiger charge is 2.21. The predicted molar refractivity (Wildman–Crippen MR) is 133 cm³/mol. The topological polar surface area (TPSA) is 67.2 Å². The van der Waals surface area contributed by atoms with Gasteiger partial charge in [0.2, 0.25) is 5.91 Å². The number of hydrogen-bond acceptors (Lipinski definition) is 3. The number of aromatic nitrogens is 2. The maximum atomic E-state index is 13.5. The van der Waals surface area contributed by atoms with E-state index in [1.807, 2.05) is 91.0 Å². The molecule has 6 nitrogen and oxygen atoms in total. The summed E-state index contributed by atoms with van der Waals surface area (Å²) < 4.78 is 1.54. The zero-order chi connectivity index (χ0) is 23.8. The summed E-state index contributed by atoms with van der Waals surface area (Å²) in [5, 5.41) is 7.28. The molecule has 3 aromatic carbocycles. The first-order valence-corrected chi connectivity index (χ1v) is 11.3. The van der Waals surface area contributed by atoms with Crippen molar-refractivity contribution in [1.82, 2.24) is 14.7 Å². The van der Waals surface area contributed by atoms with Gasteiger partial charge in [-0.15, -0.1) is 0 Å². The highest BCUT2D eigenvalue weighted by Crippen LogP contribution is 2.17. The fourth-order valence-electron chi connectivity index (χ4n) is 3.77. The summed E-state index contributed by atoms with van der Waals surface area (Å²) >= 11 is 0. The van der Waals surface area contributed by atoms with Crippen molar-refractivity contribution < 1.29 is 9.59 Å². The summed E-state index contributed by atoms with van der Waals surface area (Å²) in [7, 11) is 1.72. The van der Waals surface area contributed by atoms with E-state index >= 15 is 0 Å². The number of nitrogens with zero attached hydrogens (tertiary/aromatic N) is 3.